The van der Waals surface area contributed by atoms with Crippen LogP contribution in [-0.4, -0.2) is 30.3 Å². The maximum atomic E-state index is 13.3. The first-order valence-electron chi connectivity index (χ1n) is 8.78. The summed E-state index contributed by atoms with van der Waals surface area (Å²) < 4.78 is 66.3. The molecule has 0 fully saturated rings. The van der Waals surface area contributed by atoms with Crippen LogP contribution in [0.25, 0.3) is 0 Å². The molecule has 0 amide bonds. The lowest BCUT2D eigenvalue weighted by molar-refractivity contribution is -0.170. The molecular formula is C19H23F3N2O3S. The minimum Gasteiger partial charge on any atom is -0.344 e. The van der Waals surface area contributed by atoms with E-state index in [9.17, 15) is 26.4 Å². The van der Waals surface area contributed by atoms with Gasteiger partial charge in [0.15, 0.2) is 15.1 Å². The van der Waals surface area contributed by atoms with Gasteiger partial charge in [-0.1, -0.05) is 45.4 Å². The summed E-state index contributed by atoms with van der Waals surface area (Å²) in [4.78, 5) is 18.9. The predicted octanol–water partition coefficient (Wildman–Crippen LogP) is 4.61. The smallest absolute Gasteiger partial charge is 0.344 e. The quantitative estimate of drug-likeness (QED) is 0.746. The van der Waals surface area contributed by atoms with Crippen molar-refractivity contribution in [2.75, 3.05) is 0 Å². The number of Topliss-reactive ketones (excluding diaryl/α,β-unsaturated/α-hetero) is 1. The topological polar surface area (TPSA) is 79.9 Å². The van der Waals surface area contributed by atoms with Crippen LogP contribution in [-0.2, 0) is 14.6 Å². The molecule has 0 radical (unpaired) electrons. The number of halogens is 3. The number of rotatable bonds is 6. The number of alkyl halides is 3. The lowest BCUT2D eigenvalue weighted by atomic mass is 10.0. The Labute approximate surface area is 162 Å². The van der Waals surface area contributed by atoms with Crippen molar-refractivity contribution in [1.82, 2.24) is 9.97 Å². The summed E-state index contributed by atoms with van der Waals surface area (Å²) >= 11 is 0. The summed E-state index contributed by atoms with van der Waals surface area (Å²) in [6.07, 6.45) is -5.32. The molecule has 1 N–H and O–H groups in total. The molecular weight excluding hydrogens is 393 g/mol. The fourth-order valence-corrected chi connectivity index (χ4v) is 4.47. The third kappa shape index (κ3) is 4.29. The Balaban J connectivity index is 2.78. The number of benzene rings is 1. The molecule has 0 aliphatic carbocycles. The molecule has 1 aromatic heterocycles. The van der Waals surface area contributed by atoms with Crippen LogP contribution in [0.4, 0.5) is 13.2 Å². The van der Waals surface area contributed by atoms with Crippen LogP contribution >= 0.6 is 0 Å². The molecule has 0 aliphatic heterocycles. The van der Waals surface area contributed by atoms with Gasteiger partial charge in [-0.3, -0.25) is 4.79 Å². The molecule has 0 bridgehead atoms. The van der Waals surface area contributed by atoms with Crippen molar-refractivity contribution in [3.05, 3.63) is 47.0 Å². The SMILES string of the molecule is Cc1ccc(S(=O)(=O)C(C(=O)C(F)(F)F)c2[nH]c(C(C)C)nc2C(C)C)cc1. The summed E-state index contributed by atoms with van der Waals surface area (Å²) in [5, 5.41) is -2.44. The average Bonchev–Trinajstić information content (AvgIpc) is 2.99. The van der Waals surface area contributed by atoms with Crippen LogP contribution in [0.3, 0.4) is 0 Å². The average molecular weight is 416 g/mol. The second-order valence-electron chi connectivity index (χ2n) is 7.33. The number of H-pyrrole nitrogens is 1. The molecule has 28 heavy (non-hydrogen) atoms. The Morgan fingerprint density at radius 3 is 2.00 bits per heavy atom. The minimum atomic E-state index is -5.32. The van der Waals surface area contributed by atoms with Gasteiger partial charge in [-0.25, -0.2) is 13.4 Å². The van der Waals surface area contributed by atoms with Crippen LogP contribution in [0.5, 0.6) is 0 Å². The van der Waals surface area contributed by atoms with E-state index in [0.717, 1.165) is 5.56 Å². The summed E-state index contributed by atoms with van der Waals surface area (Å²) in [7, 11) is -4.66. The predicted molar refractivity (Wildman–Crippen MR) is 98.9 cm³/mol. The summed E-state index contributed by atoms with van der Waals surface area (Å²) in [5.41, 5.74) is 0.563. The van der Waals surface area contributed by atoms with Gasteiger partial charge < -0.3 is 4.98 Å². The van der Waals surface area contributed by atoms with Crippen LogP contribution in [0, 0.1) is 6.92 Å². The van der Waals surface area contributed by atoms with Crippen molar-refractivity contribution in [3.63, 3.8) is 0 Å². The highest BCUT2D eigenvalue weighted by Crippen LogP contribution is 2.38. The Morgan fingerprint density at radius 1 is 1.04 bits per heavy atom. The zero-order chi connectivity index (χ0) is 21.4. The van der Waals surface area contributed by atoms with Crippen LogP contribution in [0.1, 0.15) is 67.6 Å². The highest BCUT2D eigenvalue weighted by atomic mass is 32.2. The van der Waals surface area contributed by atoms with E-state index in [-0.39, 0.29) is 28.1 Å². The molecule has 1 aromatic carbocycles. The van der Waals surface area contributed by atoms with Gasteiger partial charge in [-0.2, -0.15) is 13.2 Å². The number of carbonyl (C=O) groups is 1. The first-order chi connectivity index (χ1) is 12.8. The number of hydrogen-bond acceptors (Lipinski definition) is 4. The number of sulfone groups is 1. The molecule has 2 rings (SSSR count). The number of aromatic nitrogens is 2. The second-order valence-corrected chi connectivity index (χ2v) is 9.36. The maximum absolute atomic E-state index is 13.3. The van der Waals surface area contributed by atoms with E-state index in [4.69, 9.17) is 0 Å². The highest BCUT2D eigenvalue weighted by Gasteiger charge is 2.51. The molecule has 9 heteroatoms. The molecule has 5 nitrogen and oxygen atoms in total. The first kappa shape index (κ1) is 22.1. The van der Waals surface area contributed by atoms with Crippen molar-refractivity contribution in [2.24, 2.45) is 0 Å². The van der Waals surface area contributed by atoms with Gasteiger partial charge in [-0.15, -0.1) is 0 Å². The molecule has 2 aromatic rings. The van der Waals surface area contributed by atoms with Crippen LogP contribution in [0.2, 0.25) is 0 Å². The summed E-state index contributed by atoms with van der Waals surface area (Å²) in [5.74, 6) is -2.57. The molecule has 1 unspecified atom stereocenters. The van der Waals surface area contributed by atoms with Gasteiger partial charge in [-0.05, 0) is 25.0 Å². The van der Waals surface area contributed by atoms with Crippen molar-refractivity contribution < 1.29 is 26.4 Å². The minimum absolute atomic E-state index is 0.141. The lowest BCUT2D eigenvalue weighted by Gasteiger charge is -2.19. The van der Waals surface area contributed by atoms with Gasteiger partial charge in [0.05, 0.1) is 16.3 Å². The maximum Gasteiger partial charge on any atom is 0.451 e. The number of nitrogens with zero attached hydrogens (tertiary/aromatic N) is 1. The van der Waals surface area contributed by atoms with E-state index in [1.807, 2.05) is 0 Å². The Hall–Kier alpha value is -2.16. The van der Waals surface area contributed by atoms with Gasteiger partial charge in [0.1, 0.15) is 5.82 Å². The fourth-order valence-electron chi connectivity index (χ4n) is 2.77. The third-order valence-corrected chi connectivity index (χ3v) is 6.31. The van der Waals surface area contributed by atoms with E-state index < -0.39 is 27.0 Å². The first-order valence-corrected chi connectivity index (χ1v) is 10.3. The fraction of sp³-hybridized carbons (Fsp3) is 0.474. The summed E-state index contributed by atoms with van der Waals surface area (Å²) in [6, 6.07) is 5.35. The molecule has 0 saturated carbocycles. The molecule has 1 heterocycles. The van der Waals surface area contributed by atoms with Crippen LogP contribution < -0.4 is 0 Å². The Morgan fingerprint density at radius 2 is 1.57 bits per heavy atom. The van der Waals surface area contributed by atoms with Crippen molar-refractivity contribution in [2.45, 2.75) is 62.8 Å². The van der Waals surface area contributed by atoms with Gasteiger partial charge in [0.2, 0.25) is 0 Å². The molecule has 1 atom stereocenters. The number of aryl methyl sites for hydroxylation is 1. The Kier molecular flexibility index (Phi) is 6.08. The Bertz CT molecular complexity index is 959. The van der Waals surface area contributed by atoms with E-state index >= 15 is 0 Å². The molecule has 0 aliphatic rings. The zero-order valence-corrected chi connectivity index (χ0v) is 17.1. The van der Waals surface area contributed by atoms with E-state index in [1.54, 1.807) is 34.6 Å². The number of aromatic amines is 1. The highest BCUT2D eigenvalue weighted by molar-refractivity contribution is 7.92. The van der Waals surface area contributed by atoms with E-state index in [0.29, 0.717) is 5.82 Å². The number of imidazole rings is 1. The molecule has 0 saturated heterocycles. The van der Waals surface area contributed by atoms with Crippen molar-refractivity contribution >= 4 is 15.6 Å². The zero-order valence-electron chi connectivity index (χ0n) is 16.3. The number of hydrogen-bond donors (Lipinski definition) is 1. The van der Waals surface area contributed by atoms with Gasteiger partial charge >= 0.3 is 6.18 Å². The van der Waals surface area contributed by atoms with E-state index in [2.05, 4.69) is 9.97 Å². The normalized spacial score (nSPS) is 13.9. The van der Waals surface area contributed by atoms with E-state index in [1.165, 1.54) is 24.3 Å². The number of ketones is 1. The van der Waals surface area contributed by atoms with Crippen molar-refractivity contribution in [3.8, 4) is 0 Å². The monoisotopic (exact) mass is 416 g/mol. The number of carbonyl (C=O) groups excluding carboxylic acids is 1. The molecule has 154 valence electrons. The van der Waals surface area contributed by atoms with Crippen molar-refractivity contribution in [1.29, 1.82) is 0 Å². The third-order valence-electron chi connectivity index (χ3n) is 4.31. The largest absolute Gasteiger partial charge is 0.451 e. The lowest BCUT2D eigenvalue weighted by Crippen LogP contribution is -2.34. The molecule has 0 spiro atoms. The van der Waals surface area contributed by atoms with Gasteiger partial charge in [0, 0.05) is 5.92 Å². The second kappa shape index (κ2) is 7.69. The van der Waals surface area contributed by atoms with Crippen LogP contribution in [0.15, 0.2) is 29.2 Å². The number of nitrogens with one attached hydrogen (secondary N) is 1. The standard InChI is InChI=1S/C19H23F3N2O3S/c1-10(2)14-15(24-18(23-14)11(3)4)16(17(25)19(20,21)22)28(26,27)13-8-6-12(5)7-9-13/h6-11,16H,1-5H3,(H,23,24). The van der Waals surface area contributed by atoms with Gasteiger partial charge in [0.25, 0.3) is 5.78 Å². The summed E-state index contributed by atoms with van der Waals surface area (Å²) in [6.45, 7) is 8.60.